The molecule has 1 fully saturated rings. The first-order chi connectivity index (χ1) is 12.2. The highest BCUT2D eigenvalue weighted by Gasteiger charge is 2.44. The van der Waals surface area contributed by atoms with Crippen molar-refractivity contribution in [3.63, 3.8) is 0 Å². The van der Waals surface area contributed by atoms with Crippen molar-refractivity contribution in [2.45, 2.75) is 31.5 Å². The molecule has 0 saturated carbocycles. The normalized spacial score (nSPS) is 26.3. The molecule has 0 aliphatic carbocycles. The standard InChI is InChI=1S/C12H17N7O6S/c1-5(20)18-26(23,24)17-2-6-8(21)9(22)12(25-6)19-4-16-7-10(13)14-3-15-11(7)19/h3-4,6,8-9,12,17,21-22H,2H2,1H3,(H,18,20)(H2,13,14,15)/t6-,8-,9-,12-/m1/s1. The van der Waals surface area contributed by atoms with Gasteiger partial charge in [0, 0.05) is 13.5 Å². The molecule has 0 radical (unpaired) electrons. The molecule has 142 valence electrons. The Morgan fingerprint density at radius 3 is 2.77 bits per heavy atom. The maximum Gasteiger partial charge on any atom is 0.301 e. The lowest BCUT2D eigenvalue weighted by molar-refractivity contribution is -0.117. The Labute approximate surface area is 147 Å². The molecule has 14 heteroatoms. The molecule has 0 spiro atoms. The number of ether oxygens (including phenoxy) is 1. The number of hydrogen-bond donors (Lipinski definition) is 5. The molecule has 4 atom stereocenters. The Morgan fingerprint density at radius 1 is 1.35 bits per heavy atom. The minimum absolute atomic E-state index is 0.140. The second kappa shape index (κ2) is 6.73. The first kappa shape index (κ1) is 18.4. The molecule has 2 aromatic heterocycles. The number of anilines is 1. The third-order valence-corrected chi connectivity index (χ3v) is 4.85. The number of nitrogens with two attached hydrogens (primary N) is 1. The summed E-state index contributed by atoms with van der Waals surface area (Å²) in [5.74, 6) is -0.633. The van der Waals surface area contributed by atoms with E-state index in [1.807, 2.05) is 0 Å². The van der Waals surface area contributed by atoms with Gasteiger partial charge in [-0.05, 0) is 0 Å². The minimum atomic E-state index is -4.10. The van der Waals surface area contributed by atoms with Crippen molar-refractivity contribution in [2.24, 2.45) is 0 Å². The molecule has 1 aliphatic heterocycles. The number of amides is 1. The topological polar surface area (TPSA) is 195 Å². The number of nitrogens with zero attached hydrogens (tertiary/aromatic N) is 4. The van der Waals surface area contributed by atoms with E-state index >= 15 is 0 Å². The van der Waals surface area contributed by atoms with Crippen LogP contribution in [0.1, 0.15) is 13.2 Å². The molecule has 0 bridgehead atoms. The quantitative estimate of drug-likeness (QED) is 0.353. The van der Waals surface area contributed by atoms with E-state index in [0.717, 1.165) is 6.92 Å². The van der Waals surface area contributed by atoms with E-state index in [1.165, 1.54) is 17.2 Å². The average Bonchev–Trinajstić information content (AvgIpc) is 3.08. The van der Waals surface area contributed by atoms with Gasteiger partial charge in [-0.15, -0.1) is 0 Å². The van der Waals surface area contributed by atoms with Crippen LogP contribution >= 0.6 is 0 Å². The first-order valence-corrected chi connectivity index (χ1v) is 8.90. The molecule has 0 unspecified atom stereocenters. The number of aromatic nitrogens is 4. The Hall–Kier alpha value is -2.39. The molecular formula is C12H17N7O6S. The summed E-state index contributed by atoms with van der Waals surface area (Å²) in [7, 11) is -4.10. The number of nitrogens with one attached hydrogen (secondary N) is 2. The maximum atomic E-state index is 11.6. The van der Waals surface area contributed by atoms with Crippen LogP contribution in [-0.2, 0) is 19.7 Å². The zero-order valence-electron chi connectivity index (χ0n) is 13.5. The SMILES string of the molecule is CC(=O)NS(=O)(=O)NC[C@H]1O[C@@H](n2cnc3c(N)ncnc32)[C@H](O)[C@@H]1O. The van der Waals surface area contributed by atoms with E-state index in [0.29, 0.717) is 5.52 Å². The lowest BCUT2D eigenvalue weighted by atomic mass is 10.1. The highest BCUT2D eigenvalue weighted by Crippen LogP contribution is 2.31. The first-order valence-electron chi connectivity index (χ1n) is 7.42. The molecule has 3 rings (SSSR count). The molecule has 13 nitrogen and oxygen atoms in total. The summed E-state index contributed by atoms with van der Waals surface area (Å²) in [6.07, 6.45) is -2.38. The number of aliphatic hydroxyl groups excluding tert-OH is 2. The van der Waals surface area contributed by atoms with Crippen molar-refractivity contribution >= 4 is 33.1 Å². The van der Waals surface area contributed by atoms with E-state index < -0.39 is 40.7 Å². The van der Waals surface area contributed by atoms with Gasteiger partial charge in [-0.2, -0.15) is 13.1 Å². The molecule has 3 heterocycles. The number of nitrogen functional groups attached to an aromatic ring is 1. The number of carbonyl (C=O) groups is 1. The number of aliphatic hydroxyl groups is 2. The van der Waals surface area contributed by atoms with Crippen LogP contribution in [0.15, 0.2) is 12.7 Å². The number of carbonyl (C=O) groups excluding carboxylic acids is 1. The van der Waals surface area contributed by atoms with Crippen molar-refractivity contribution in [3.05, 3.63) is 12.7 Å². The van der Waals surface area contributed by atoms with Gasteiger partial charge < -0.3 is 20.7 Å². The van der Waals surface area contributed by atoms with E-state index in [4.69, 9.17) is 10.5 Å². The van der Waals surface area contributed by atoms with Crippen LogP contribution in [0.2, 0.25) is 0 Å². The third-order valence-electron chi connectivity index (χ3n) is 3.75. The highest BCUT2D eigenvalue weighted by atomic mass is 32.2. The van der Waals surface area contributed by atoms with Crippen molar-refractivity contribution in [2.75, 3.05) is 12.3 Å². The van der Waals surface area contributed by atoms with Crippen molar-refractivity contribution in [1.82, 2.24) is 29.0 Å². The van der Waals surface area contributed by atoms with Crippen molar-refractivity contribution < 1.29 is 28.2 Å². The second-order valence-corrected chi connectivity index (χ2v) is 7.14. The molecule has 0 aromatic carbocycles. The van der Waals surface area contributed by atoms with Crippen LogP contribution in [0.5, 0.6) is 0 Å². The van der Waals surface area contributed by atoms with Crippen LogP contribution < -0.4 is 15.2 Å². The minimum Gasteiger partial charge on any atom is -0.387 e. The Balaban J connectivity index is 1.77. The summed E-state index contributed by atoms with van der Waals surface area (Å²) < 4.78 is 33.9. The van der Waals surface area contributed by atoms with Crippen molar-refractivity contribution in [1.29, 1.82) is 0 Å². The van der Waals surface area contributed by atoms with Crippen LogP contribution in [0.4, 0.5) is 5.82 Å². The van der Waals surface area contributed by atoms with Crippen LogP contribution in [0.3, 0.4) is 0 Å². The Kier molecular flexibility index (Phi) is 4.76. The predicted octanol–water partition coefficient (Wildman–Crippen LogP) is -3.00. The largest absolute Gasteiger partial charge is 0.387 e. The summed E-state index contributed by atoms with van der Waals surface area (Å²) in [6, 6.07) is 0. The van der Waals surface area contributed by atoms with Gasteiger partial charge in [-0.25, -0.2) is 19.7 Å². The van der Waals surface area contributed by atoms with Crippen LogP contribution in [-0.4, -0.2) is 68.9 Å². The van der Waals surface area contributed by atoms with E-state index in [9.17, 15) is 23.4 Å². The van der Waals surface area contributed by atoms with Gasteiger partial charge in [-0.1, -0.05) is 0 Å². The van der Waals surface area contributed by atoms with Gasteiger partial charge in [0.15, 0.2) is 17.7 Å². The number of hydrogen-bond acceptors (Lipinski definition) is 10. The molecule has 1 amide bonds. The number of rotatable bonds is 5. The number of fused-ring (bicyclic) bond motifs is 1. The van der Waals surface area contributed by atoms with Crippen LogP contribution in [0, 0.1) is 0 Å². The molecule has 2 aromatic rings. The van der Waals surface area contributed by atoms with Crippen molar-refractivity contribution in [3.8, 4) is 0 Å². The van der Waals surface area contributed by atoms with Gasteiger partial charge in [0.25, 0.3) is 0 Å². The fourth-order valence-corrected chi connectivity index (χ4v) is 3.44. The second-order valence-electron chi connectivity index (χ2n) is 5.64. The lowest BCUT2D eigenvalue weighted by Crippen LogP contribution is -2.45. The molecule has 26 heavy (non-hydrogen) atoms. The Bertz CT molecular complexity index is 931. The smallest absolute Gasteiger partial charge is 0.301 e. The average molecular weight is 387 g/mol. The van der Waals surface area contributed by atoms with E-state index in [2.05, 4.69) is 19.7 Å². The maximum absolute atomic E-state index is 11.6. The summed E-state index contributed by atoms with van der Waals surface area (Å²) in [4.78, 5) is 22.7. The van der Waals surface area contributed by atoms with E-state index in [-0.39, 0.29) is 18.0 Å². The summed E-state index contributed by atoms with van der Waals surface area (Å²) in [6.45, 7) is 0.665. The zero-order valence-corrected chi connectivity index (χ0v) is 14.3. The number of imidazole rings is 1. The summed E-state index contributed by atoms with van der Waals surface area (Å²) in [5, 5.41) is 20.4. The van der Waals surface area contributed by atoms with Crippen LogP contribution in [0.25, 0.3) is 11.2 Å². The third kappa shape index (κ3) is 3.45. The van der Waals surface area contributed by atoms with Gasteiger partial charge >= 0.3 is 10.2 Å². The van der Waals surface area contributed by atoms with E-state index in [1.54, 1.807) is 4.72 Å². The van der Waals surface area contributed by atoms with Gasteiger partial charge in [-0.3, -0.25) is 9.36 Å². The monoisotopic (exact) mass is 387 g/mol. The molecule has 1 aliphatic rings. The summed E-state index contributed by atoms with van der Waals surface area (Å²) in [5.41, 5.74) is 6.29. The van der Waals surface area contributed by atoms with Gasteiger partial charge in [0.1, 0.15) is 30.2 Å². The predicted molar refractivity (Wildman–Crippen MR) is 86.4 cm³/mol. The molecule has 6 N–H and O–H groups in total. The fourth-order valence-electron chi connectivity index (χ4n) is 2.60. The Morgan fingerprint density at radius 2 is 2.08 bits per heavy atom. The fraction of sp³-hybridized carbons (Fsp3) is 0.500. The van der Waals surface area contributed by atoms with Gasteiger partial charge in [0.05, 0.1) is 6.33 Å². The van der Waals surface area contributed by atoms with Gasteiger partial charge in [0.2, 0.25) is 5.91 Å². The molecule has 1 saturated heterocycles. The summed E-state index contributed by atoms with van der Waals surface area (Å²) >= 11 is 0. The lowest BCUT2D eigenvalue weighted by Gasteiger charge is -2.16. The highest BCUT2D eigenvalue weighted by molar-refractivity contribution is 7.88. The molecular weight excluding hydrogens is 370 g/mol. The zero-order chi connectivity index (χ0) is 19.1.